The zero-order valence-corrected chi connectivity index (χ0v) is 16.2. The molecule has 0 spiro atoms. The SMILES string of the molecule is CC(C)(CO)OC(=O)CC(=O)OCOC(=O)CC(=O)OCOC(=O)CC(=O)OCO. The van der Waals surface area contributed by atoms with Crippen molar-refractivity contribution >= 4 is 35.8 Å². The second-order valence-corrected chi connectivity index (χ2v) is 5.87. The molecule has 0 rings (SSSR count). The standard InChI is InChI=1S/C16H22O14/c1-16(2,6-17)30-15(24)5-14(23)29-9-28-13(22)4-12(21)27-8-26-11(20)3-10(19)25-7-18/h17-18H,3-9H2,1-2H3. The summed E-state index contributed by atoms with van der Waals surface area (Å²) < 4.78 is 26.5. The van der Waals surface area contributed by atoms with Crippen LogP contribution in [0.1, 0.15) is 33.1 Å². The summed E-state index contributed by atoms with van der Waals surface area (Å²) in [6, 6.07) is 0. The van der Waals surface area contributed by atoms with Gasteiger partial charge in [0.1, 0.15) is 24.9 Å². The monoisotopic (exact) mass is 438 g/mol. The van der Waals surface area contributed by atoms with Gasteiger partial charge in [-0.1, -0.05) is 0 Å². The van der Waals surface area contributed by atoms with Crippen LogP contribution in [0.2, 0.25) is 0 Å². The van der Waals surface area contributed by atoms with Crippen LogP contribution >= 0.6 is 0 Å². The predicted octanol–water partition coefficient (Wildman–Crippen LogP) is -1.95. The van der Waals surface area contributed by atoms with Crippen LogP contribution in [-0.4, -0.2) is 78.6 Å². The minimum Gasteiger partial charge on any atom is -0.457 e. The van der Waals surface area contributed by atoms with E-state index in [2.05, 4.69) is 23.7 Å². The van der Waals surface area contributed by atoms with Crippen molar-refractivity contribution in [2.24, 2.45) is 0 Å². The van der Waals surface area contributed by atoms with Gasteiger partial charge in [-0.2, -0.15) is 0 Å². The van der Waals surface area contributed by atoms with Crippen molar-refractivity contribution in [2.45, 2.75) is 38.7 Å². The molecule has 2 N–H and O–H groups in total. The number of carbonyl (C=O) groups is 6. The van der Waals surface area contributed by atoms with E-state index in [9.17, 15) is 28.8 Å². The van der Waals surface area contributed by atoms with E-state index in [4.69, 9.17) is 14.9 Å². The number of ether oxygens (including phenoxy) is 6. The molecular formula is C16H22O14. The van der Waals surface area contributed by atoms with Crippen LogP contribution in [0.4, 0.5) is 0 Å². The first kappa shape index (κ1) is 26.7. The number of rotatable bonds is 13. The Morgan fingerprint density at radius 3 is 1.27 bits per heavy atom. The smallest absolute Gasteiger partial charge is 0.320 e. The molecule has 0 aliphatic rings. The molecule has 0 saturated carbocycles. The molecule has 14 heteroatoms. The number of hydrogen-bond donors (Lipinski definition) is 2. The van der Waals surface area contributed by atoms with Crippen LogP contribution in [0.3, 0.4) is 0 Å². The van der Waals surface area contributed by atoms with Gasteiger partial charge in [0, 0.05) is 0 Å². The topological polar surface area (TPSA) is 198 Å². The number of hydrogen-bond acceptors (Lipinski definition) is 14. The maximum Gasteiger partial charge on any atom is 0.320 e. The average molecular weight is 438 g/mol. The van der Waals surface area contributed by atoms with E-state index < -0.39 is 87.7 Å². The summed E-state index contributed by atoms with van der Waals surface area (Å²) in [5.41, 5.74) is -1.18. The fraction of sp³-hybridized carbons (Fsp3) is 0.625. The Morgan fingerprint density at radius 2 is 0.933 bits per heavy atom. The third kappa shape index (κ3) is 13.8. The fourth-order valence-electron chi connectivity index (χ4n) is 1.38. The molecule has 0 unspecified atom stereocenters. The normalized spacial score (nSPS) is 10.4. The second kappa shape index (κ2) is 13.8. The highest BCUT2D eigenvalue weighted by Gasteiger charge is 2.24. The highest BCUT2D eigenvalue weighted by Crippen LogP contribution is 2.09. The molecule has 170 valence electrons. The summed E-state index contributed by atoms with van der Waals surface area (Å²) >= 11 is 0. The van der Waals surface area contributed by atoms with Gasteiger partial charge >= 0.3 is 35.8 Å². The van der Waals surface area contributed by atoms with Gasteiger partial charge in [-0.3, -0.25) is 28.8 Å². The molecular weight excluding hydrogens is 416 g/mol. The van der Waals surface area contributed by atoms with Crippen LogP contribution < -0.4 is 0 Å². The van der Waals surface area contributed by atoms with E-state index in [0.717, 1.165) is 0 Å². The van der Waals surface area contributed by atoms with E-state index in [1.54, 1.807) is 0 Å². The van der Waals surface area contributed by atoms with Crippen molar-refractivity contribution in [2.75, 3.05) is 27.0 Å². The molecule has 0 heterocycles. The van der Waals surface area contributed by atoms with Gasteiger partial charge in [-0.05, 0) is 13.8 Å². The van der Waals surface area contributed by atoms with Crippen LogP contribution in [0, 0.1) is 0 Å². The first-order chi connectivity index (χ1) is 14.0. The number of aliphatic hydroxyl groups is 2. The molecule has 0 bridgehead atoms. The zero-order valence-electron chi connectivity index (χ0n) is 16.2. The number of aliphatic hydroxyl groups excluding tert-OH is 2. The zero-order chi connectivity index (χ0) is 23.2. The van der Waals surface area contributed by atoms with Gasteiger partial charge in [-0.15, -0.1) is 0 Å². The molecule has 0 aromatic carbocycles. The first-order valence-corrected chi connectivity index (χ1v) is 8.20. The summed E-state index contributed by atoms with van der Waals surface area (Å²) in [5.74, 6) is -6.49. The van der Waals surface area contributed by atoms with E-state index in [1.165, 1.54) is 13.8 Å². The Labute approximate surface area is 169 Å². The maximum absolute atomic E-state index is 11.4. The van der Waals surface area contributed by atoms with E-state index in [1.807, 2.05) is 0 Å². The minimum absolute atomic E-state index is 0.461. The molecule has 0 radical (unpaired) electrons. The summed E-state index contributed by atoms with van der Waals surface area (Å²) in [7, 11) is 0. The largest absolute Gasteiger partial charge is 0.457 e. The summed E-state index contributed by atoms with van der Waals surface area (Å²) in [4.78, 5) is 67.5. The highest BCUT2D eigenvalue weighted by molar-refractivity contribution is 5.92. The fourth-order valence-corrected chi connectivity index (χ4v) is 1.38. The third-order valence-corrected chi connectivity index (χ3v) is 2.74. The maximum atomic E-state index is 11.4. The van der Waals surface area contributed by atoms with Gasteiger partial charge in [0.15, 0.2) is 6.79 Å². The van der Waals surface area contributed by atoms with E-state index in [-0.39, 0.29) is 0 Å². The van der Waals surface area contributed by atoms with Crippen molar-refractivity contribution < 1.29 is 67.4 Å². The van der Waals surface area contributed by atoms with E-state index in [0.29, 0.717) is 0 Å². The van der Waals surface area contributed by atoms with Gasteiger partial charge in [0.25, 0.3) is 0 Å². The lowest BCUT2D eigenvalue weighted by atomic mass is 10.1. The molecule has 0 atom stereocenters. The van der Waals surface area contributed by atoms with Crippen LogP contribution in [0.5, 0.6) is 0 Å². The first-order valence-electron chi connectivity index (χ1n) is 8.20. The average Bonchev–Trinajstić information content (AvgIpc) is 2.61. The summed E-state index contributed by atoms with van der Waals surface area (Å²) in [5, 5.41) is 17.2. The van der Waals surface area contributed by atoms with Gasteiger partial charge in [-0.25, -0.2) is 0 Å². The molecule has 0 aromatic heterocycles. The Hall–Kier alpha value is -3.26. The third-order valence-electron chi connectivity index (χ3n) is 2.74. The molecule has 0 aliphatic carbocycles. The minimum atomic E-state index is -1.18. The van der Waals surface area contributed by atoms with Crippen molar-refractivity contribution in [3.63, 3.8) is 0 Å². The molecule has 30 heavy (non-hydrogen) atoms. The molecule has 0 saturated heterocycles. The molecule has 0 aliphatic heterocycles. The number of carbonyl (C=O) groups excluding carboxylic acids is 6. The van der Waals surface area contributed by atoms with Crippen LogP contribution in [0.25, 0.3) is 0 Å². The number of esters is 6. The van der Waals surface area contributed by atoms with Crippen molar-refractivity contribution in [1.82, 2.24) is 0 Å². The Morgan fingerprint density at radius 1 is 0.600 bits per heavy atom. The van der Waals surface area contributed by atoms with Crippen molar-refractivity contribution in [1.29, 1.82) is 0 Å². The molecule has 0 aromatic rings. The Balaban J connectivity index is 3.96. The summed E-state index contributed by atoms with van der Waals surface area (Å²) in [6.07, 6.45) is -2.52. The molecule has 14 nitrogen and oxygen atoms in total. The van der Waals surface area contributed by atoms with Gasteiger partial charge in [0.05, 0.1) is 6.61 Å². The Kier molecular flexibility index (Phi) is 12.3. The second-order valence-electron chi connectivity index (χ2n) is 5.87. The quantitative estimate of drug-likeness (QED) is 0.139. The predicted molar refractivity (Wildman–Crippen MR) is 88.4 cm³/mol. The Bertz CT molecular complexity index is 638. The lowest BCUT2D eigenvalue weighted by molar-refractivity contribution is -0.174. The van der Waals surface area contributed by atoms with Crippen molar-refractivity contribution in [3.05, 3.63) is 0 Å². The molecule has 0 amide bonds. The van der Waals surface area contributed by atoms with Gasteiger partial charge < -0.3 is 38.6 Å². The van der Waals surface area contributed by atoms with Gasteiger partial charge in [0.2, 0.25) is 13.6 Å². The highest BCUT2D eigenvalue weighted by atomic mass is 16.7. The lowest BCUT2D eigenvalue weighted by Gasteiger charge is -2.21. The lowest BCUT2D eigenvalue weighted by Crippen LogP contribution is -2.33. The van der Waals surface area contributed by atoms with Crippen LogP contribution in [0.15, 0.2) is 0 Å². The van der Waals surface area contributed by atoms with Crippen LogP contribution in [-0.2, 0) is 57.2 Å². The molecule has 0 fully saturated rings. The van der Waals surface area contributed by atoms with Crippen molar-refractivity contribution in [3.8, 4) is 0 Å². The summed E-state index contributed by atoms with van der Waals surface area (Å²) in [6.45, 7) is -0.309. The van der Waals surface area contributed by atoms with E-state index >= 15 is 0 Å².